The highest BCUT2D eigenvalue weighted by Crippen LogP contribution is 2.19. The minimum atomic E-state index is 0.215. The van der Waals surface area contributed by atoms with Crippen molar-refractivity contribution in [3.8, 4) is 0 Å². The number of hydrogen-bond donors (Lipinski definition) is 0. The van der Waals surface area contributed by atoms with E-state index < -0.39 is 0 Å². The Hall–Kier alpha value is -1.26. The highest BCUT2D eigenvalue weighted by molar-refractivity contribution is 6.31. The normalized spacial score (nSPS) is 10.5. The second-order valence-electron chi connectivity index (χ2n) is 3.56. The average Bonchev–Trinajstić information content (AvgIpc) is 2.81. The van der Waals surface area contributed by atoms with Crippen LogP contribution < -0.4 is 4.90 Å². The summed E-state index contributed by atoms with van der Waals surface area (Å²) >= 11 is 11.7. The SMILES string of the molecule is CN(Cc1ccccc1Cl)c1nnc(CCl)o1. The number of halogens is 2. The molecule has 0 bridgehead atoms. The molecular formula is C11H11Cl2N3O. The summed E-state index contributed by atoms with van der Waals surface area (Å²) in [6.45, 7) is 0.601. The summed E-state index contributed by atoms with van der Waals surface area (Å²) in [6, 6.07) is 8.07. The molecule has 0 spiro atoms. The second kappa shape index (κ2) is 5.38. The van der Waals surface area contributed by atoms with Crippen LogP contribution in [-0.2, 0) is 12.4 Å². The summed E-state index contributed by atoms with van der Waals surface area (Å²) in [6.07, 6.45) is 0. The van der Waals surface area contributed by atoms with Gasteiger partial charge in [0, 0.05) is 18.6 Å². The fourth-order valence-corrected chi connectivity index (χ4v) is 1.71. The van der Waals surface area contributed by atoms with Crippen molar-refractivity contribution in [3.63, 3.8) is 0 Å². The molecule has 6 heteroatoms. The van der Waals surface area contributed by atoms with Crippen molar-refractivity contribution >= 4 is 29.2 Å². The van der Waals surface area contributed by atoms with Gasteiger partial charge in [0.2, 0.25) is 5.89 Å². The molecule has 0 aliphatic carbocycles. The maximum Gasteiger partial charge on any atom is 0.318 e. The summed E-state index contributed by atoms with van der Waals surface area (Å²) in [5.74, 6) is 0.625. The van der Waals surface area contributed by atoms with Gasteiger partial charge in [0.25, 0.3) is 0 Å². The van der Waals surface area contributed by atoms with E-state index >= 15 is 0 Å². The largest absolute Gasteiger partial charge is 0.407 e. The van der Waals surface area contributed by atoms with Crippen LogP contribution >= 0.6 is 23.2 Å². The van der Waals surface area contributed by atoms with E-state index in [1.807, 2.05) is 36.2 Å². The van der Waals surface area contributed by atoms with Gasteiger partial charge in [0.05, 0.1) is 0 Å². The molecule has 0 fully saturated rings. The van der Waals surface area contributed by atoms with Gasteiger partial charge in [-0.3, -0.25) is 0 Å². The van der Waals surface area contributed by atoms with E-state index in [9.17, 15) is 0 Å². The fraction of sp³-hybridized carbons (Fsp3) is 0.273. The van der Waals surface area contributed by atoms with E-state index in [0.717, 1.165) is 10.6 Å². The minimum absolute atomic E-state index is 0.215. The summed E-state index contributed by atoms with van der Waals surface area (Å²) in [5, 5.41) is 8.41. The van der Waals surface area contributed by atoms with Crippen molar-refractivity contribution in [1.29, 1.82) is 0 Å². The van der Waals surface area contributed by atoms with E-state index in [1.54, 1.807) is 0 Å². The highest BCUT2D eigenvalue weighted by atomic mass is 35.5. The quantitative estimate of drug-likeness (QED) is 0.802. The monoisotopic (exact) mass is 271 g/mol. The van der Waals surface area contributed by atoms with E-state index in [0.29, 0.717) is 18.5 Å². The smallest absolute Gasteiger partial charge is 0.318 e. The lowest BCUT2D eigenvalue weighted by atomic mass is 10.2. The zero-order valence-corrected chi connectivity index (χ0v) is 10.7. The maximum absolute atomic E-state index is 6.07. The Kier molecular flexibility index (Phi) is 3.86. The van der Waals surface area contributed by atoms with Gasteiger partial charge < -0.3 is 9.32 Å². The molecule has 0 aliphatic rings. The lowest BCUT2D eigenvalue weighted by molar-refractivity contribution is 0.506. The Morgan fingerprint density at radius 2 is 2.06 bits per heavy atom. The Morgan fingerprint density at radius 1 is 1.29 bits per heavy atom. The third-order valence-electron chi connectivity index (χ3n) is 2.26. The van der Waals surface area contributed by atoms with E-state index in [1.165, 1.54) is 0 Å². The molecule has 90 valence electrons. The molecule has 0 unspecified atom stereocenters. The molecule has 0 N–H and O–H groups in total. The molecule has 0 saturated carbocycles. The molecule has 1 heterocycles. The van der Waals surface area contributed by atoms with Crippen LogP contribution in [0.25, 0.3) is 0 Å². The Morgan fingerprint density at radius 3 is 2.71 bits per heavy atom. The van der Waals surface area contributed by atoms with Gasteiger partial charge >= 0.3 is 6.01 Å². The van der Waals surface area contributed by atoms with Crippen LogP contribution in [0.4, 0.5) is 6.01 Å². The van der Waals surface area contributed by atoms with Crippen LogP contribution in [0.3, 0.4) is 0 Å². The summed E-state index contributed by atoms with van der Waals surface area (Å²) in [7, 11) is 1.86. The van der Waals surface area contributed by atoms with Crippen LogP contribution in [-0.4, -0.2) is 17.2 Å². The molecule has 0 radical (unpaired) electrons. The zero-order chi connectivity index (χ0) is 12.3. The lowest BCUT2D eigenvalue weighted by Crippen LogP contribution is -2.16. The predicted octanol–water partition coefficient (Wildman–Crippen LogP) is 3.10. The summed E-state index contributed by atoms with van der Waals surface area (Å²) in [5.41, 5.74) is 1.00. The van der Waals surface area contributed by atoms with Gasteiger partial charge in [0.1, 0.15) is 5.88 Å². The van der Waals surface area contributed by atoms with Gasteiger partial charge in [0.15, 0.2) is 0 Å². The zero-order valence-electron chi connectivity index (χ0n) is 9.23. The number of alkyl halides is 1. The van der Waals surface area contributed by atoms with Crippen LogP contribution in [0.2, 0.25) is 5.02 Å². The molecule has 1 aromatic heterocycles. The molecule has 0 aliphatic heterocycles. The van der Waals surface area contributed by atoms with E-state index in [4.69, 9.17) is 27.6 Å². The predicted molar refractivity (Wildman–Crippen MR) is 67.4 cm³/mol. The first kappa shape index (κ1) is 12.2. The molecule has 1 aromatic carbocycles. The third kappa shape index (κ3) is 2.90. The maximum atomic E-state index is 6.07. The van der Waals surface area contributed by atoms with Gasteiger partial charge in [-0.25, -0.2) is 0 Å². The van der Waals surface area contributed by atoms with Gasteiger partial charge in [-0.1, -0.05) is 34.9 Å². The average molecular weight is 272 g/mol. The van der Waals surface area contributed by atoms with Crippen LogP contribution in [0.15, 0.2) is 28.7 Å². The second-order valence-corrected chi connectivity index (χ2v) is 4.23. The first-order valence-corrected chi connectivity index (χ1v) is 5.95. The van der Waals surface area contributed by atoms with Crippen LogP contribution in [0.1, 0.15) is 11.5 Å². The van der Waals surface area contributed by atoms with E-state index in [-0.39, 0.29) is 5.88 Å². The number of hydrogen-bond acceptors (Lipinski definition) is 4. The standard InChI is InChI=1S/C11H11Cl2N3O/c1-16(11-15-14-10(6-12)17-11)7-8-4-2-3-5-9(8)13/h2-5H,6-7H2,1H3. The number of aromatic nitrogens is 2. The highest BCUT2D eigenvalue weighted by Gasteiger charge is 2.11. The first-order chi connectivity index (χ1) is 8.20. The molecule has 2 aromatic rings. The van der Waals surface area contributed by atoms with Crippen molar-refractivity contribution in [2.24, 2.45) is 0 Å². The van der Waals surface area contributed by atoms with Crippen molar-refractivity contribution < 1.29 is 4.42 Å². The Bertz CT molecular complexity index is 501. The van der Waals surface area contributed by atoms with Gasteiger partial charge in [-0.2, -0.15) is 0 Å². The van der Waals surface area contributed by atoms with Crippen molar-refractivity contribution in [2.75, 3.05) is 11.9 Å². The number of rotatable bonds is 4. The number of benzene rings is 1. The Labute approximate surface area is 109 Å². The third-order valence-corrected chi connectivity index (χ3v) is 2.86. The van der Waals surface area contributed by atoms with Gasteiger partial charge in [-0.05, 0) is 11.6 Å². The van der Waals surface area contributed by atoms with Crippen molar-refractivity contribution in [2.45, 2.75) is 12.4 Å². The topological polar surface area (TPSA) is 42.2 Å². The van der Waals surface area contributed by atoms with Gasteiger partial charge in [-0.15, -0.1) is 16.7 Å². The van der Waals surface area contributed by atoms with E-state index in [2.05, 4.69) is 10.2 Å². The molecule has 0 saturated heterocycles. The van der Waals surface area contributed by atoms with Crippen LogP contribution in [0.5, 0.6) is 0 Å². The number of nitrogens with zero attached hydrogens (tertiary/aromatic N) is 3. The Balaban J connectivity index is 2.11. The summed E-state index contributed by atoms with van der Waals surface area (Å²) < 4.78 is 5.34. The van der Waals surface area contributed by atoms with Crippen molar-refractivity contribution in [3.05, 3.63) is 40.7 Å². The molecule has 17 heavy (non-hydrogen) atoms. The van der Waals surface area contributed by atoms with Crippen LogP contribution in [0, 0.1) is 0 Å². The van der Waals surface area contributed by atoms with Crippen molar-refractivity contribution in [1.82, 2.24) is 10.2 Å². The number of anilines is 1. The fourth-order valence-electron chi connectivity index (χ4n) is 1.40. The molecule has 0 atom stereocenters. The lowest BCUT2D eigenvalue weighted by Gasteiger charge is -2.14. The molecule has 4 nitrogen and oxygen atoms in total. The summed E-state index contributed by atoms with van der Waals surface area (Å²) in [4.78, 5) is 1.82. The molecule has 0 amide bonds. The minimum Gasteiger partial charge on any atom is -0.407 e. The molecular weight excluding hydrogens is 261 g/mol. The molecule has 2 rings (SSSR count). The first-order valence-electron chi connectivity index (χ1n) is 5.03.